The number of nitriles is 1. The summed E-state index contributed by atoms with van der Waals surface area (Å²) in [6.07, 6.45) is 7.18. The molecule has 1 unspecified atom stereocenters. The van der Waals surface area contributed by atoms with E-state index in [0.717, 1.165) is 41.9 Å². The van der Waals surface area contributed by atoms with Crippen LogP contribution in [0.25, 0.3) is 0 Å². The molecule has 4 aliphatic carbocycles. The first kappa shape index (κ1) is 12.2. The number of carbonyl (C=O) groups is 2. The third-order valence-electron chi connectivity index (χ3n) is 5.95. The summed E-state index contributed by atoms with van der Waals surface area (Å²) in [6.45, 7) is -0.131. The zero-order valence-electron chi connectivity index (χ0n) is 11.5. The third kappa shape index (κ3) is 1.54. The quantitative estimate of drug-likeness (QED) is 0.614. The van der Waals surface area contributed by atoms with Crippen molar-refractivity contribution in [3.8, 4) is 6.07 Å². The lowest BCUT2D eigenvalue weighted by atomic mass is 9.47. The lowest BCUT2D eigenvalue weighted by Crippen LogP contribution is -2.56. The number of hydrogen-bond acceptors (Lipinski definition) is 3. The number of nitrogens with one attached hydrogen (secondary N) is 1. The fourth-order valence-corrected chi connectivity index (χ4v) is 5.69. The minimum absolute atomic E-state index is 0.0221. The van der Waals surface area contributed by atoms with Gasteiger partial charge in [0.1, 0.15) is 12.6 Å². The van der Waals surface area contributed by atoms with Gasteiger partial charge in [-0.05, 0) is 56.3 Å². The van der Waals surface area contributed by atoms with Gasteiger partial charge in [-0.2, -0.15) is 5.26 Å². The Hall–Kier alpha value is -1.57. The van der Waals surface area contributed by atoms with Gasteiger partial charge in [-0.15, -0.1) is 0 Å². The number of nitrogens with zero attached hydrogens (tertiary/aromatic N) is 2. The molecule has 4 saturated carbocycles. The smallest absolute Gasteiger partial charge is 0.325 e. The Bertz CT molecular complexity index is 486. The van der Waals surface area contributed by atoms with Crippen LogP contribution in [0.2, 0.25) is 0 Å². The molecule has 0 spiro atoms. The van der Waals surface area contributed by atoms with E-state index in [1.54, 1.807) is 0 Å². The van der Waals surface area contributed by atoms with Crippen LogP contribution in [-0.2, 0) is 4.79 Å². The van der Waals surface area contributed by atoms with E-state index in [-0.39, 0.29) is 29.9 Å². The second-order valence-corrected chi connectivity index (χ2v) is 7.24. The predicted molar refractivity (Wildman–Crippen MR) is 70.3 cm³/mol. The van der Waals surface area contributed by atoms with E-state index in [4.69, 9.17) is 5.26 Å². The van der Waals surface area contributed by atoms with Crippen LogP contribution >= 0.6 is 0 Å². The summed E-state index contributed by atoms with van der Waals surface area (Å²) in [4.78, 5) is 25.5. The molecule has 20 heavy (non-hydrogen) atoms. The van der Waals surface area contributed by atoms with Crippen molar-refractivity contribution in [3.63, 3.8) is 0 Å². The monoisotopic (exact) mass is 273 g/mol. The minimum Gasteiger partial charge on any atom is -0.325 e. The van der Waals surface area contributed by atoms with Crippen LogP contribution in [-0.4, -0.2) is 29.4 Å². The summed E-state index contributed by atoms with van der Waals surface area (Å²) < 4.78 is 0. The van der Waals surface area contributed by atoms with E-state index in [2.05, 4.69) is 5.32 Å². The van der Waals surface area contributed by atoms with Crippen molar-refractivity contribution < 1.29 is 9.59 Å². The summed E-state index contributed by atoms with van der Waals surface area (Å²) in [5, 5.41) is 11.6. The average Bonchev–Trinajstić information content (AvgIpc) is 2.66. The predicted octanol–water partition coefficient (Wildman–Crippen LogP) is 1.65. The Kier molecular flexibility index (Phi) is 2.42. The Morgan fingerprint density at radius 3 is 2.20 bits per heavy atom. The van der Waals surface area contributed by atoms with Crippen LogP contribution in [0.5, 0.6) is 0 Å². The molecule has 4 bridgehead atoms. The number of amides is 3. The van der Waals surface area contributed by atoms with Crippen LogP contribution in [0.1, 0.15) is 38.5 Å². The normalized spacial score (nSPS) is 45.6. The van der Waals surface area contributed by atoms with Crippen LogP contribution in [0, 0.1) is 34.5 Å². The molecule has 1 heterocycles. The molecule has 5 aliphatic rings. The zero-order chi connectivity index (χ0) is 13.9. The maximum absolute atomic E-state index is 12.5. The van der Waals surface area contributed by atoms with Crippen LogP contribution in [0.3, 0.4) is 0 Å². The summed E-state index contributed by atoms with van der Waals surface area (Å²) in [6, 6.07) is 1.15. The van der Waals surface area contributed by atoms with E-state index in [1.807, 2.05) is 6.07 Å². The van der Waals surface area contributed by atoms with Crippen LogP contribution in [0.4, 0.5) is 4.79 Å². The van der Waals surface area contributed by atoms with Crippen LogP contribution in [0.15, 0.2) is 0 Å². The molecule has 5 heteroatoms. The molecule has 5 nitrogen and oxygen atoms in total. The largest absolute Gasteiger partial charge is 0.325 e. The molecule has 0 aromatic heterocycles. The first-order chi connectivity index (χ1) is 9.61. The molecule has 0 aromatic carbocycles. The Morgan fingerprint density at radius 2 is 1.70 bits per heavy atom. The SMILES string of the molecule is N#CCN1C(=O)NC(C23CC4CC(CC(C4)C2)C3)C1=O. The maximum atomic E-state index is 12.5. The lowest BCUT2D eigenvalue weighted by Gasteiger charge is -2.58. The average molecular weight is 273 g/mol. The van der Waals surface area contributed by atoms with Gasteiger partial charge in [-0.3, -0.25) is 4.79 Å². The molecular formula is C15H19N3O2. The highest BCUT2D eigenvalue weighted by molar-refractivity contribution is 6.04. The second-order valence-electron chi connectivity index (χ2n) is 7.24. The van der Waals surface area contributed by atoms with E-state index in [9.17, 15) is 9.59 Å². The van der Waals surface area contributed by atoms with E-state index in [0.29, 0.717) is 0 Å². The van der Waals surface area contributed by atoms with Crippen molar-refractivity contribution in [1.82, 2.24) is 10.2 Å². The van der Waals surface area contributed by atoms with Crippen molar-refractivity contribution in [2.24, 2.45) is 23.2 Å². The third-order valence-corrected chi connectivity index (χ3v) is 5.95. The maximum Gasteiger partial charge on any atom is 0.325 e. The fourth-order valence-electron chi connectivity index (χ4n) is 5.69. The van der Waals surface area contributed by atoms with Crippen molar-refractivity contribution in [3.05, 3.63) is 0 Å². The van der Waals surface area contributed by atoms with Gasteiger partial charge in [-0.25, -0.2) is 9.69 Å². The number of hydrogen-bond donors (Lipinski definition) is 1. The number of carbonyl (C=O) groups excluding carboxylic acids is 2. The van der Waals surface area contributed by atoms with E-state index >= 15 is 0 Å². The molecule has 5 rings (SSSR count). The van der Waals surface area contributed by atoms with Gasteiger partial charge in [0.05, 0.1) is 6.07 Å². The lowest BCUT2D eigenvalue weighted by molar-refractivity contribution is -0.136. The zero-order valence-corrected chi connectivity index (χ0v) is 11.5. The highest BCUT2D eigenvalue weighted by atomic mass is 16.2. The number of imide groups is 1. The highest BCUT2D eigenvalue weighted by Gasteiger charge is 2.59. The molecule has 0 aromatic rings. The van der Waals surface area contributed by atoms with Gasteiger partial charge >= 0.3 is 6.03 Å². The summed E-state index contributed by atoms with van der Waals surface area (Å²) >= 11 is 0. The molecule has 1 N–H and O–H groups in total. The molecule has 3 amide bonds. The number of urea groups is 1. The molecule has 1 saturated heterocycles. The van der Waals surface area contributed by atoms with Crippen molar-refractivity contribution in [2.45, 2.75) is 44.6 Å². The minimum atomic E-state index is -0.378. The van der Waals surface area contributed by atoms with Gasteiger partial charge in [0.25, 0.3) is 5.91 Å². The van der Waals surface area contributed by atoms with Gasteiger partial charge in [0.2, 0.25) is 0 Å². The summed E-state index contributed by atoms with van der Waals surface area (Å²) in [5.41, 5.74) is -0.0221. The Balaban J connectivity index is 1.63. The molecule has 0 radical (unpaired) electrons. The van der Waals surface area contributed by atoms with Gasteiger partial charge in [-0.1, -0.05) is 0 Å². The second kappa shape index (κ2) is 3.97. The summed E-state index contributed by atoms with van der Waals surface area (Å²) in [7, 11) is 0. The number of rotatable bonds is 2. The highest BCUT2D eigenvalue weighted by Crippen LogP contribution is 2.61. The first-order valence-corrected chi connectivity index (χ1v) is 7.60. The molecular weight excluding hydrogens is 254 g/mol. The summed E-state index contributed by atoms with van der Waals surface area (Å²) in [5.74, 6) is 2.07. The van der Waals surface area contributed by atoms with Crippen molar-refractivity contribution in [2.75, 3.05) is 6.54 Å². The van der Waals surface area contributed by atoms with Crippen LogP contribution < -0.4 is 5.32 Å². The topological polar surface area (TPSA) is 73.2 Å². The molecule has 106 valence electrons. The Morgan fingerprint density at radius 1 is 1.15 bits per heavy atom. The van der Waals surface area contributed by atoms with E-state index in [1.165, 1.54) is 19.3 Å². The first-order valence-electron chi connectivity index (χ1n) is 7.60. The molecule has 5 fully saturated rings. The van der Waals surface area contributed by atoms with Gasteiger partial charge in [0.15, 0.2) is 0 Å². The van der Waals surface area contributed by atoms with Gasteiger partial charge < -0.3 is 5.32 Å². The van der Waals surface area contributed by atoms with Crippen molar-refractivity contribution in [1.29, 1.82) is 5.26 Å². The van der Waals surface area contributed by atoms with Crippen molar-refractivity contribution >= 4 is 11.9 Å². The molecule has 1 atom stereocenters. The molecule has 1 aliphatic heterocycles. The van der Waals surface area contributed by atoms with Gasteiger partial charge in [0, 0.05) is 5.41 Å². The standard InChI is InChI=1S/C15H19N3O2/c16-1-2-18-13(19)12(17-14(18)20)15-6-9-3-10(7-15)5-11(4-9)8-15/h9-12H,2-8H2,(H,17,20). The Labute approximate surface area is 118 Å². The van der Waals surface area contributed by atoms with E-state index < -0.39 is 0 Å². The fraction of sp³-hybridized carbons (Fsp3) is 0.800.